The fraction of sp³-hybridized carbons (Fsp3) is 0.0526. The van der Waals surface area contributed by atoms with E-state index in [9.17, 15) is 15.4 Å². The van der Waals surface area contributed by atoms with Crippen LogP contribution in [0.3, 0.4) is 0 Å². The Bertz CT molecular complexity index is 1120. The SMILES string of the molecule is Cc1c(-c2cccc(Cl)c2)nc(N)c(C#N)c1-c1ccc(Cl)c([N+](=O)[O-])c1. The quantitative estimate of drug-likeness (QED) is 0.469. The van der Waals surface area contributed by atoms with Crippen LogP contribution in [-0.2, 0) is 0 Å². The lowest BCUT2D eigenvalue weighted by Crippen LogP contribution is -2.03. The molecular weight excluding hydrogens is 387 g/mol. The van der Waals surface area contributed by atoms with Gasteiger partial charge in [0.05, 0.1) is 10.6 Å². The lowest BCUT2D eigenvalue weighted by molar-refractivity contribution is -0.384. The van der Waals surface area contributed by atoms with Gasteiger partial charge in [-0.05, 0) is 36.2 Å². The Morgan fingerprint density at radius 1 is 1.19 bits per heavy atom. The molecule has 2 aromatic carbocycles. The first-order chi connectivity index (χ1) is 12.8. The van der Waals surface area contributed by atoms with Crippen LogP contribution in [0.25, 0.3) is 22.4 Å². The topological polar surface area (TPSA) is 106 Å². The van der Waals surface area contributed by atoms with Gasteiger partial charge in [-0.15, -0.1) is 0 Å². The lowest BCUT2D eigenvalue weighted by atomic mass is 9.92. The first-order valence-corrected chi connectivity index (χ1v) is 8.49. The maximum absolute atomic E-state index is 11.2. The Kier molecular flexibility index (Phi) is 5.00. The number of nitrogens with two attached hydrogens (primary N) is 1. The van der Waals surface area contributed by atoms with E-state index >= 15 is 0 Å². The third-order valence-corrected chi connectivity index (χ3v) is 4.66. The zero-order chi connectivity index (χ0) is 19.7. The van der Waals surface area contributed by atoms with Crippen molar-refractivity contribution in [2.24, 2.45) is 0 Å². The highest BCUT2D eigenvalue weighted by Crippen LogP contribution is 2.38. The van der Waals surface area contributed by atoms with Gasteiger partial charge in [0.25, 0.3) is 5.69 Å². The van der Waals surface area contributed by atoms with Crippen molar-refractivity contribution in [3.63, 3.8) is 0 Å². The van der Waals surface area contributed by atoms with Crippen molar-refractivity contribution in [3.8, 4) is 28.5 Å². The maximum atomic E-state index is 11.2. The molecule has 0 radical (unpaired) electrons. The zero-order valence-electron chi connectivity index (χ0n) is 14.0. The van der Waals surface area contributed by atoms with Crippen LogP contribution >= 0.6 is 23.2 Å². The van der Waals surface area contributed by atoms with Crippen LogP contribution in [0.4, 0.5) is 11.5 Å². The summed E-state index contributed by atoms with van der Waals surface area (Å²) in [4.78, 5) is 15.0. The first kappa shape index (κ1) is 18.6. The molecule has 1 aromatic heterocycles. The van der Waals surface area contributed by atoms with Crippen molar-refractivity contribution in [3.05, 3.63) is 73.8 Å². The molecule has 0 aliphatic rings. The average Bonchev–Trinajstić information content (AvgIpc) is 2.63. The summed E-state index contributed by atoms with van der Waals surface area (Å²) in [6.45, 7) is 1.78. The predicted molar refractivity (Wildman–Crippen MR) is 106 cm³/mol. The summed E-state index contributed by atoms with van der Waals surface area (Å²) in [6.07, 6.45) is 0. The van der Waals surface area contributed by atoms with Crippen molar-refractivity contribution in [1.82, 2.24) is 4.98 Å². The molecule has 8 heteroatoms. The largest absolute Gasteiger partial charge is 0.383 e. The van der Waals surface area contributed by atoms with E-state index in [2.05, 4.69) is 4.98 Å². The molecule has 134 valence electrons. The molecule has 27 heavy (non-hydrogen) atoms. The Morgan fingerprint density at radius 2 is 1.93 bits per heavy atom. The molecule has 6 nitrogen and oxygen atoms in total. The molecule has 0 saturated carbocycles. The molecule has 0 spiro atoms. The Balaban J connectivity index is 2.34. The third-order valence-electron chi connectivity index (χ3n) is 4.11. The number of benzene rings is 2. The highest BCUT2D eigenvalue weighted by Gasteiger charge is 2.21. The minimum atomic E-state index is -0.574. The lowest BCUT2D eigenvalue weighted by Gasteiger charge is -2.15. The molecule has 3 aromatic rings. The van der Waals surface area contributed by atoms with Crippen LogP contribution in [0.5, 0.6) is 0 Å². The van der Waals surface area contributed by atoms with E-state index in [-0.39, 0.29) is 22.1 Å². The minimum absolute atomic E-state index is 0.0111. The number of halogens is 2. The second-order valence-electron chi connectivity index (χ2n) is 5.77. The summed E-state index contributed by atoms with van der Waals surface area (Å²) in [5.74, 6) is 0.0330. The Labute approximate surface area is 164 Å². The number of nitrogen functional groups attached to an aromatic ring is 1. The molecule has 0 bridgehead atoms. The van der Waals surface area contributed by atoms with Gasteiger partial charge in [0.2, 0.25) is 0 Å². The molecule has 0 atom stereocenters. The molecule has 0 aliphatic carbocycles. The highest BCUT2D eigenvalue weighted by atomic mass is 35.5. The second kappa shape index (κ2) is 7.23. The van der Waals surface area contributed by atoms with E-state index in [1.165, 1.54) is 12.1 Å². The highest BCUT2D eigenvalue weighted by molar-refractivity contribution is 6.32. The van der Waals surface area contributed by atoms with Crippen molar-refractivity contribution >= 4 is 34.7 Å². The molecule has 0 saturated heterocycles. The number of hydrogen-bond acceptors (Lipinski definition) is 5. The molecule has 3 rings (SSSR count). The van der Waals surface area contributed by atoms with Crippen LogP contribution in [-0.4, -0.2) is 9.91 Å². The van der Waals surface area contributed by atoms with Crippen LogP contribution in [0, 0.1) is 28.4 Å². The minimum Gasteiger partial charge on any atom is -0.383 e. The summed E-state index contributed by atoms with van der Waals surface area (Å²) >= 11 is 12.0. The standard InChI is InChI=1S/C19H12Cl2N4O2/c1-10-17(11-5-6-15(21)16(8-11)25(26)27)14(9-22)19(23)24-18(10)12-3-2-4-13(20)7-12/h2-8H,1H3,(H2,23,24). The van der Waals surface area contributed by atoms with E-state index in [0.29, 0.717) is 27.4 Å². The van der Waals surface area contributed by atoms with E-state index in [4.69, 9.17) is 28.9 Å². The molecule has 0 unspecified atom stereocenters. The van der Waals surface area contributed by atoms with E-state index in [0.717, 1.165) is 5.56 Å². The van der Waals surface area contributed by atoms with Gasteiger partial charge in [0, 0.05) is 22.2 Å². The van der Waals surface area contributed by atoms with Crippen LogP contribution in [0.1, 0.15) is 11.1 Å². The molecule has 0 amide bonds. The summed E-state index contributed by atoms with van der Waals surface area (Å²) in [7, 11) is 0. The van der Waals surface area contributed by atoms with Crippen molar-refractivity contribution in [2.45, 2.75) is 6.92 Å². The van der Waals surface area contributed by atoms with E-state index < -0.39 is 4.92 Å². The van der Waals surface area contributed by atoms with Crippen molar-refractivity contribution < 1.29 is 4.92 Å². The molecule has 1 heterocycles. The van der Waals surface area contributed by atoms with Gasteiger partial charge >= 0.3 is 0 Å². The molecular formula is C19H12Cl2N4O2. The molecule has 0 aliphatic heterocycles. The van der Waals surface area contributed by atoms with E-state index in [1.54, 1.807) is 31.2 Å². The Morgan fingerprint density at radius 3 is 2.56 bits per heavy atom. The monoisotopic (exact) mass is 398 g/mol. The Hall–Kier alpha value is -3.14. The number of aromatic nitrogens is 1. The summed E-state index contributed by atoms with van der Waals surface area (Å²) in [5.41, 5.74) is 8.76. The fourth-order valence-electron chi connectivity index (χ4n) is 2.89. The third kappa shape index (κ3) is 3.43. The van der Waals surface area contributed by atoms with Gasteiger partial charge in [0.15, 0.2) is 0 Å². The number of nitro groups is 1. The van der Waals surface area contributed by atoms with Gasteiger partial charge in [-0.1, -0.05) is 41.4 Å². The summed E-state index contributed by atoms with van der Waals surface area (Å²) in [6, 6.07) is 13.5. The summed E-state index contributed by atoms with van der Waals surface area (Å²) < 4.78 is 0. The average molecular weight is 399 g/mol. The first-order valence-electron chi connectivity index (χ1n) is 7.74. The zero-order valence-corrected chi connectivity index (χ0v) is 15.5. The number of anilines is 1. The number of hydrogen-bond donors (Lipinski definition) is 1. The maximum Gasteiger partial charge on any atom is 0.288 e. The molecule has 0 fully saturated rings. The van der Waals surface area contributed by atoms with Gasteiger partial charge in [0.1, 0.15) is 22.5 Å². The van der Waals surface area contributed by atoms with Gasteiger partial charge in [-0.25, -0.2) is 4.98 Å². The number of pyridine rings is 1. The van der Waals surface area contributed by atoms with Crippen LogP contribution < -0.4 is 5.73 Å². The number of rotatable bonds is 3. The fourth-order valence-corrected chi connectivity index (χ4v) is 3.27. The van der Waals surface area contributed by atoms with Crippen molar-refractivity contribution in [2.75, 3.05) is 5.73 Å². The van der Waals surface area contributed by atoms with Crippen LogP contribution in [0.2, 0.25) is 10.0 Å². The number of nitro benzene ring substituents is 1. The smallest absolute Gasteiger partial charge is 0.288 e. The van der Waals surface area contributed by atoms with Gasteiger partial charge in [-0.2, -0.15) is 5.26 Å². The van der Waals surface area contributed by atoms with Crippen LogP contribution in [0.15, 0.2) is 42.5 Å². The van der Waals surface area contributed by atoms with Crippen molar-refractivity contribution in [1.29, 1.82) is 5.26 Å². The normalized spacial score (nSPS) is 10.4. The van der Waals surface area contributed by atoms with Gasteiger partial charge in [-0.3, -0.25) is 10.1 Å². The number of nitriles is 1. The summed E-state index contributed by atoms with van der Waals surface area (Å²) in [5, 5.41) is 21.4. The molecule has 2 N–H and O–H groups in total. The second-order valence-corrected chi connectivity index (χ2v) is 6.61. The number of nitrogens with zero attached hydrogens (tertiary/aromatic N) is 3. The van der Waals surface area contributed by atoms with Gasteiger partial charge < -0.3 is 5.73 Å². The van der Waals surface area contributed by atoms with E-state index in [1.807, 2.05) is 12.1 Å². The predicted octanol–water partition coefficient (Wildman–Crippen LogP) is 5.39.